The Hall–Kier alpha value is -2.73. The molecule has 1 N–H and O–H groups in total. The van der Waals surface area contributed by atoms with Crippen molar-refractivity contribution in [3.8, 4) is 11.5 Å². The molecular weight excluding hydrogens is 428 g/mol. The molecule has 0 radical (unpaired) electrons. The van der Waals surface area contributed by atoms with E-state index in [4.69, 9.17) is 21.1 Å². The summed E-state index contributed by atoms with van der Waals surface area (Å²) in [5.74, 6) is 1.19. The van der Waals surface area contributed by atoms with Gasteiger partial charge in [0.15, 0.2) is 0 Å². The van der Waals surface area contributed by atoms with Gasteiger partial charge in [-0.25, -0.2) is 0 Å². The molecule has 6 nitrogen and oxygen atoms in total. The number of hydrogen-bond acceptors (Lipinski definition) is 4. The Bertz CT molecular complexity index is 876. The van der Waals surface area contributed by atoms with Crippen LogP contribution in [0.4, 0.5) is 0 Å². The van der Waals surface area contributed by atoms with Gasteiger partial charge in [-0.2, -0.15) is 0 Å². The Balaban J connectivity index is 1.99. The van der Waals surface area contributed by atoms with Gasteiger partial charge in [0.25, 0.3) is 0 Å². The lowest BCUT2D eigenvalue weighted by Crippen LogP contribution is -2.52. The molecule has 2 amide bonds. The lowest BCUT2D eigenvalue weighted by Gasteiger charge is -2.31. The van der Waals surface area contributed by atoms with E-state index in [0.717, 1.165) is 11.3 Å². The van der Waals surface area contributed by atoms with E-state index in [1.54, 1.807) is 31.1 Å². The van der Waals surface area contributed by atoms with Crippen LogP contribution in [0, 0.1) is 0 Å². The van der Waals surface area contributed by atoms with E-state index in [9.17, 15) is 9.59 Å². The summed E-state index contributed by atoms with van der Waals surface area (Å²) in [6.07, 6.45) is 0.812. The molecule has 0 spiro atoms. The van der Waals surface area contributed by atoms with Crippen LogP contribution in [0.5, 0.6) is 11.5 Å². The summed E-state index contributed by atoms with van der Waals surface area (Å²) in [6, 6.07) is 14.0. The van der Waals surface area contributed by atoms with Crippen molar-refractivity contribution in [3.63, 3.8) is 0 Å². The van der Waals surface area contributed by atoms with E-state index in [-0.39, 0.29) is 23.8 Å². The Labute approximate surface area is 195 Å². The number of nitrogens with one attached hydrogen (secondary N) is 1. The number of carbonyl (C=O) groups is 2. The lowest BCUT2D eigenvalue weighted by atomic mass is 10.1. The molecule has 0 aliphatic carbocycles. The number of ether oxygens (including phenoxy) is 2. The first kappa shape index (κ1) is 25.5. The third-order valence-corrected chi connectivity index (χ3v) is 5.05. The molecule has 2 aromatic rings. The number of rotatable bonds is 10. The maximum Gasteiger partial charge on any atom is 0.242 e. The van der Waals surface area contributed by atoms with Crippen molar-refractivity contribution >= 4 is 23.4 Å². The first-order valence-corrected chi connectivity index (χ1v) is 11.1. The van der Waals surface area contributed by atoms with Gasteiger partial charge in [0.2, 0.25) is 11.8 Å². The SMILES string of the molecule is COc1ccc(OCCCC(=O)N(Cc2ccc(Cl)cc2)[C@@H](C)C(=O)NC(C)(C)C)cc1. The van der Waals surface area contributed by atoms with Crippen molar-refractivity contribution in [1.82, 2.24) is 10.2 Å². The second-order valence-corrected chi connectivity index (χ2v) is 9.13. The first-order valence-electron chi connectivity index (χ1n) is 10.7. The van der Waals surface area contributed by atoms with Crippen molar-refractivity contribution in [2.45, 2.75) is 58.7 Å². The summed E-state index contributed by atoms with van der Waals surface area (Å²) in [5.41, 5.74) is 0.527. The van der Waals surface area contributed by atoms with Crippen LogP contribution in [-0.4, -0.2) is 42.0 Å². The highest BCUT2D eigenvalue weighted by molar-refractivity contribution is 6.30. The average Bonchev–Trinajstić information content (AvgIpc) is 2.75. The highest BCUT2D eigenvalue weighted by Gasteiger charge is 2.28. The lowest BCUT2D eigenvalue weighted by molar-refractivity contribution is -0.141. The van der Waals surface area contributed by atoms with Gasteiger partial charge in [0.05, 0.1) is 13.7 Å². The monoisotopic (exact) mass is 460 g/mol. The van der Waals surface area contributed by atoms with Crippen LogP contribution in [0.3, 0.4) is 0 Å². The smallest absolute Gasteiger partial charge is 0.242 e. The van der Waals surface area contributed by atoms with Crippen LogP contribution in [0.15, 0.2) is 48.5 Å². The second-order valence-electron chi connectivity index (χ2n) is 8.69. The van der Waals surface area contributed by atoms with Crippen LogP contribution in [0.1, 0.15) is 46.1 Å². The third-order valence-electron chi connectivity index (χ3n) is 4.79. The fraction of sp³-hybridized carbons (Fsp3) is 0.440. The summed E-state index contributed by atoms with van der Waals surface area (Å²) in [6.45, 7) is 8.23. The van der Waals surface area contributed by atoms with Crippen LogP contribution in [0.2, 0.25) is 5.02 Å². The first-order chi connectivity index (χ1) is 15.1. The molecule has 0 heterocycles. The van der Waals surface area contributed by atoms with Crippen molar-refractivity contribution in [2.75, 3.05) is 13.7 Å². The van der Waals surface area contributed by atoms with Gasteiger partial charge in [-0.3, -0.25) is 9.59 Å². The van der Waals surface area contributed by atoms with Gasteiger partial charge in [-0.1, -0.05) is 23.7 Å². The topological polar surface area (TPSA) is 67.9 Å². The number of carbonyl (C=O) groups excluding carboxylic acids is 2. The number of hydrogen-bond donors (Lipinski definition) is 1. The van der Waals surface area contributed by atoms with Gasteiger partial charge in [-0.15, -0.1) is 0 Å². The Kier molecular flexibility index (Phi) is 9.39. The Morgan fingerprint density at radius 1 is 1.03 bits per heavy atom. The predicted octanol–water partition coefficient (Wildman–Crippen LogP) is 4.84. The highest BCUT2D eigenvalue weighted by Crippen LogP contribution is 2.18. The van der Waals surface area contributed by atoms with Crippen molar-refractivity contribution < 1.29 is 19.1 Å². The van der Waals surface area contributed by atoms with Gasteiger partial charge in [0, 0.05) is 23.5 Å². The quantitative estimate of drug-likeness (QED) is 0.515. The van der Waals surface area contributed by atoms with Crippen LogP contribution in [-0.2, 0) is 16.1 Å². The summed E-state index contributed by atoms with van der Waals surface area (Å²) < 4.78 is 10.9. The Morgan fingerprint density at radius 3 is 2.19 bits per heavy atom. The van der Waals surface area contributed by atoms with Crippen molar-refractivity contribution in [2.24, 2.45) is 0 Å². The number of benzene rings is 2. The zero-order valence-electron chi connectivity index (χ0n) is 19.5. The molecule has 7 heteroatoms. The maximum absolute atomic E-state index is 13.1. The van der Waals surface area contributed by atoms with Gasteiger partial charge < -0.3 is 19.7 Å². The predicted molar refractivity (Wildman–Crippen MR) is 127 cm³/mol. The van der Waals surface area contributed by atoms with Crippen LogP contribution >= 0.6 is 11.6 Å². The third kappa shape index (κ3) is 8.42. The summed E-state index contributed by atoms with van der Waals surface area (Å²) in [5, 5.41) is 3.58. The van der Waals surface area contributed by atoms with Crippen LogP contribution < -0.4 is 14.8 Å². The summed E-state index contributed by atoms with van der Waals surface area (Å²) in [7, 11) is 1.61. The summed E-state index contributed by atoms with van der Waals surface area (Å²) in [4.78, 5) is 27.4. The number of amides is 2. The molecule has 0 fully saturated rings. The fourth-order valence-electron chi connectivity index (χ4n) is 3.07. The van der Waals surface area contributed by atoms with E-state index < -0.39 is 6.04 Å². The largest absolute Gasteiger partial charge is 0.497 e. The van der Waals surface area contributed by atoms with Crippen molar-refractivity contribution in [1.29, 1.82) is 0 Å². The van der Waals surface area contributed by atoms with Gasteiger partial charge in [0.1, 0.15) is 17.5 Å². The number of nitrogens with zero attached hydrogens (tertiary/aromatic N) is 1. The molecule has 0 aliphatic heterocycles. The molecular formula is C25H33ClN2O4. The maximum atomic E-state index is 13.1. The van der Waals surface area contributed by atoms with Gasteiger partial charge >= 0.3 is 0 Å². The van der Waals surface area contributed by atoms with E-state index >= 15 is 0 Å². The normalized spacial score (nSPS) is 12.1. The fourth-order valence-corrected chi connectivity index (χ4v) is 3.20. The Morgan fingerprint density at radius 2 is 1.62 bits per heavy atom. The van der Waals surface area contributed by atoms with Crippen molar-refractivity contribution in [3.05, 3.63) is 59.1 Å². The minimum Gasteiger partial charge on any atom is -0.497 e. The molecule has 0 saturated carbocycles. The minimum atomic E-state index is -0.611. The molecule has 0 unspecified atom stereocenters. The zero-order chi connectivity index (χ0) is 23.7. The number of halogens is 1. The average molecular weight is 461 g/mol. The van der Waals surface area contributed by atoms with E-state index in [1.165, 1.54) is 0 Å². The molecule has 0 aliphatic rings. The minimum absolute atomic E-state index is 0.102. The molecule has 1 atom stereocenters. The highest BCUT2D eigenvalue weighted by atomic mass is 35.5. The van der Waals surface area contributed by atoms with E-state index in [0.29, 0.717) is 30.3 Å². The molecule has 0 aromatic heterocycles. The van der Waals surface area contributed by atoms with E-state index in [2.05, 4.69) is 5.32 Å². The van der Waals surface area contributed by atoms with Gasteiger partial charge in [-0.05, 0) is 76.1 Å². The molecule has 2 rings (SSSR count). The molecule has 0 bridgehead atoms. The second kappa shape index (κ2) is 11.8. The van der Waals surface area contributed by atoms with E-state index in [1.807, 2.05) is 57.2 Å². The standard InChI is InChI=1S/C25H33ClN2O4/c1-18(24(30)27-25(2,3)4)28(17-19-8-10-20(26)11-9-19)23(29)7-6-16-32-22-14-12-21(31-5)13-15-22/h8-15,18H,6-7,16-17H2,1-5H3,(H,27,30)/t18-/m0/s1. The number of methoxy groups -OCH3 is 1. The zero-order valence-corrected chi connectivity index (χ0v) is 20.2. The molecule has 174 valence electrons. The molecule has 0 saturated heterocycles. The molecule has 2 aromatic carbocycles. The van der Waals surface area contributed by atoms with Crippen LogP contribution in [0.25, 0.3) is 0 Å². The summed E-state index contributed by atoms with van der Waals surface area (Å²) >= 11 is 5.98. The molecule has 32 heavy (non-hydrogen) atoms.